The summed E-state index contributed by atoms with van der Waals surface area (Å²) in [7, 11) is 2.14. The molecule has 90 valence electrons. The molecule has 0 aliphatic carbocycles. The molecule has 3 rings (SSSR count). The Labute approximate surface area is 106 Å². The van der Waals surface area contributed by atoms with Gasteiger partial charge in [-0.05, 0) is 43.1 Å². The van der Waals surface area contributed by atoms with E-state index in [4.69, 9.17) is 0 Å². The van der Waals surface area contributed by atoms with Crippen LogP contribution in [0.3, 0.4) is 0 Å². The Morgan fingerprint density at radius 2 is 2.35 bits per heavy atom. The second kappa shape index (κ2) is 4.63. The second-order valence-electron chi connectivity index (χ2n) is 4.68. The minimum atomic E-state index is 0.625. The monoisotopic (exact) mass is 247 g/mol. The number of aromatic nitrogens is 1. The van der Waals surface area contributed by atoms with Crippen LogP contribution in [0.5, 0.6) is 0 Å². The molecule has 1 aliphatic heterocycles. The maximum atomic E-state index is 4.58. The molecule has 0 amide bonds. The van der Waals surface area contributed by atoms with E-state index in [0.29, 0.717) is 6.04 Å². The molecule has 4 heteroatoms. The van der Waals surface area contributed by atoms with Crippen molar-refractivity contribution >= 4 is 27.4 Å². The molecule has 1 aromatic carbocycles. The Hall–Kier alpha value is -1.13. The molecule has 0 bridgehead atoms. The molecule has 1 unspecified atom stereocenters. The first kappa shape index (κ1) is 11.0. The normalized spacial score (nSPS) is 19.9. The lowest BCUT2D eigenvalue weighted by Crippen LogP contribution is -2.35. The van der Waals surface area contributed by atoms with Crippen molar-refractivity contribution in [2.24, 2.45) is 0 Å². The van der Waals surface area contributed by atoms with Crippen molar-refractivity contribution in [1.82, 2.24) is 9.69 Å². The molecule has 2 aromatic rings. The smallest absolute Gasteiger partial charge is 0.149 e. The molecule has 1 fully saturated rings. The van der Waals surface area contributed by atoms with Gasteiger partial charge in [0.05, 0.1) is 4.70 Å². The zero-order valence-corrected chi connectivity index (χ0v) is 10.8. The number of hydrogen-bond acceptors (Lipinski definition) is 4. The van der Waals surface area contributed by atoms with Crippen molar-refractivity contribution in [3.63, 3.8) is 0 Å². The molecule has 0 saturated carbocycles. The first-order chi connectivity index (χ1) is 8.34. The molecule has 1 aliphatic rings. The van der Waals surface area contributed by atoms with Gasteiger partial charge in [0.25, 0.3) is 0 Å². The number of nitrogens with one attached hydrogen (secondary N) is 1. The maximum Gasteiger partial charge on any atom is 0.149 e. The van der Waals surface area contributed by atoms with Gasteiger partial charge in [0.1, 0.15) is 5.82 Å². The summed E-state index contributed by atoms with van der Waals surface area (Å²) in [5, 5.41) is 4.81. The number of anilines is 1. The standard InChI is InChI=1S/C13H17N3S/c1-16(9-10-5-4-8-14-10)13-11-6-2-3-7-12(11)17-15-13/h2-3,6-7,10,14H,4-5,8-9H2,1H3. The first-order valence-corrected chi connectivity index (χ1v) is 6.91. The molecule has 2 heterocycles. The fourth-order valence-electron chi connectivity index (χ4n) is 2.48. The Morgan fingerprint density at radius 1 is 1.47 bits per heavy atom. The molecule has 1 saturated heterocycles. The topological polar surface area (TPSA) is 28.2 Å². The third-order valence-corrected chi connectivity index (χ3v) is 4.19. The molecule has 1 atom stereocenters. The van der Waals surface area contributed by atoms with Gasteiger partial charge in [0, 0.05) is 25.0 Å². The number of benzene rings is 1. The van der Waals surface area contributed by atoms with Gasteiger partial charge >= 0.3 is 0 Å². The highest BCUT2D eigenvalue weighted by Gasteiger charge is 2.18. The zero-order valence-electron chi connectivity index (χ0n) is 10.0. The Kier molecular flexibility index (Phi) is 2.99. The predicted octanol–water partition coefficient (Wildman–Crippen LogP) is 2.48. The lowest BCUT2D eigenvalue weighted by molar-refractivity contribution is 0.599. The summed E-state index contributed by atoms with van der Waals surface area (Å²) in [5.74, 6) is 1.12. The summed E-state index contributed by atoms with van der Waals surface area (Å²) in [6, 6.07) is 9.08. The van der Waals surface area contributed by atoms with Crippen LogP contribution in [-0.4, -0.2) is 30.6 Å². The van der Waals surface area contributed by atoms with Gasteiger partial charge in [-0.1, -0.05) is 12.1 Å². The SMILES string of the molecule is CN(CC1CCCN1)c1nsc2ccccc12. The van der Waals surface area contributed by atoms with Gasteiger partial charge in [-0.25, -0.2) is 0 Å². The predicted molar refractivity (Wildman–Crippen MR) is 73.9 cm³/mol. The van der Waals surface area contributed by atoms with E-state index in [2.05, 4.69) is 45.9 Å². The Bertz CT molecular complexity index is 502. The van der Waals surface area contributed by atoms with Crippen molar-refractivity contribution < 1.29 is 0 Å². The first-order valence-electron chi connectivity index (χ1n) is 6.13. The molecule has 17 heavy (non-hydrogen) atoms. The van der Waals surface area contributed by atoms with E-state index >= 15 is 0 Å². The van der Waals surface area contributed by atoms with Gasteiger partial charge in [-0.15, -0.1) is 0 Å². The van der Waals surface area contributed by atoms with Gasteiger partial charge in [0.2, 0.25) is 0 Å². The van der Waals surface area contributed by atoms with Crippen molar-refractivity contribution in [2.45, 2.75) is 18.9 Å². The van der Waals surface area contributed by atoms with Crippen LogP contribution in [0.4, 0.5) is 5.82 Å². The summed E-state index contributed by atoms with van der Waals surface area (Å²) in [5.41, 5.74) is 0. The van der Waals surface area contributed by atoms with Crippen molar-refractivity contribution in [1.29, 1.82) is 0 Å². The van der Waals surface area contributed by atoms with Crippen molar-refractivity contribution in [3.05, 3.63) is 24.3 Å². The lowest BCUT2D eigenvalue weighted by atomic mass is 10.2. The largest absolute Gasteiger partial charge is 0.357 e. The minimum absolute atomic E-state index is 0.625. The van der Waals surface area contributed by atoms with Crippen LogP contribution < -0.4 is 10.2 Å². The van der Waals surface area contributed by atoms with E-state index in [-0.39, 0.29) is 0 Å². The van der Waals surface area contributed by atoms with E-state index < -0.39 is 0 Å². The van der Waals surface area contributed by atoms with Crippen LogP contribution in [0.15, 0.2) is 24.3 Å². The van der Waals surface area contributed by atoms with Crippen molar-refractivity contribution in [2.75, 3.05) is 25.0 Å². The highest BCUT2D eigenvalue weighted by molar-refractivity contribution is 7.13. The Morgan fingerprint density at radius 3 is 3.18 bits per heavy atom. The van der Waals surface area contributed by atoms with Crippen LogP contribution in [0.2, 0.25) is 0 Å². The zero-order chi connectivity index (χ0) is 11.7. The summed E-state index contributed by atoms with van der Waals surface area (Å²) in [4.78, 5) is 2.28. The minimum Gasteiger partial charge on any atom is -0.357 e. The van der Waals surface area contributed by atoms with Gasteiger partial charge in [-0.3, -0.25) is 0 Å². The van der Waals surface area contributed by atoms with Crippen LogP contribution in [-0.2, 0) is 0 Å². The van der Waals surface area contributed by atoms with Gasteiger partial charge < -0.3 is 10.2 Å². The number of hydrogen-bond donors (Lipinski definition) is 1. The molecule has 1 aromatic heterocycles. The lowest BCUT2D eigenvalue weighted by Gasteiger charge is -2.21. The highest BCUT2D eigenvalue weighted by Crippen LogP contribution is 2.28. The van der Waals surface area contributed by atoms with Crippen LogP contribution in [0.1, 0.15) is 12.8 Å². The molecule has 0 spiro atoms. The summed E-state index contributed by atoms with van der Waals surface area (Å²) < 4.78 is 5.85. The number of nitrogens with zero attached hydrogens (tertiary/aromatic N) is 2. The van der Waals surface area contributed by atoms with Crippen LogP contribution >= 0.6 is 11.5 Å². The average Bonchev–Trinajstić information content (AvgIpc) is 2.96. The fourth-order valence-corrected chi connectivity index (χ4v) is 3.30. The molecular formula is C13H17N3S. The van der Waals surface area contributed by atoms with E-state index in [1.165, 1.54) is 22.9 Å². The molecule has 3 nitrogen and oxygen atoms in total. The van der Waals surface area contributed by atoms with Gasteiger partial charge in [0.15, 0.2) is 0 Å². The van der Waals surface area contributed by atoms with Crippen molar-refractivity contribution in [3.8, 4) is 0 Å². The van der Waals surface area contributed by atoms with E-state index in [1.807, 2.05) is 0 Å². The number of fused-ring (bicyclic) bond motifs is 1. The number of likely N-dealkylation sites (N-methyl/N-ethyl adjacent to an activating group) is 1. The summed E-state index contributed by atoms with van der Waals surface area (Å²) >= 11 is 1.59. The third kappa shape index (κ3) is 2.15. The molecular weight excluding hydrogens is 230 g/mol. The molecule has 0 radical (unpaired) electrons. The highest BCUT2D eigenvalue weighted by atomic mass is 32.1. The summed E-state index contributed by atoms with van der Waals surface area (Å²) in [6.45, 7) is 2.21. The van der Waals surface area contributed by atoms with E-state index in [1.54, 1.807) is 11.5 Å². The second-order valence-corrected chi connectivity index (χ2v) is 5.48. The van der Waals surface area contributed by atoms with Crippen LogP contribution in [0, 0.1) is 0 Å². The number of rotatable bonds is 3. The maximum absolute atomic E-state index is 4.58. The van der Waals surface area contributed by atoms with E-state index in [9.17, 15) is 0 Å². The third-order valence-electron chi connectivity index (χ3n) is 3.38. The summed E-state index contributed by atoms with van der Waals surface area (Å²) in [6.07, 6.45) is 2.59. The molecule has 1 N–H and O–H groups in total. The average molecular weight is 247 g/mol. The van der Waals surface area contributed by atoms with Gasteiger partial charge in [-0.2, -0.15) is 4.37 Å². The fraction of sp³-hybridized carbons (Fsp3) is 0.462. The Balaban J connectivity index is 1.82. The van der Waals surface area contributed by atoms with E-state index in [0.717, 1.165) is 18.9 Å². The quantitative estimate of drug-likeness (QED) is 0.903. The van der Waals surface area contributed by atoms with Crippen LogP contribution in [0.25, 0.3) is 10.1 Å².